The fraction of sp³-hybridized carbons (Fsp3) is 1.00. The lowest BCUT2D eigenvalue weighted by molar-refractivity contribution is 0.278. The first kappa shape index (κ1) is 7.95. The largest absolute Gasteiger partial charge is 0.327 e. The maximum atomic E-state index is 12.5. The van der Waals surface area contributed by atoms with Crippen molar-refractivity contribution in [3.8, 4) is 0 Å². The summed E-state index contributed by atoms with van der Waals surface area (Å²) in [5.41, 5.74) is 5.55. The molecule has 1 saturated heterocycles. The molecule has 1 heterocycles. The number of hydrogen-bond donors (Lipinski definition) is 1. The second-order valence-corrected chi connectivity index (χ2v) is 3.12. The molecule has 0 amide bonds. The van der Waals surface area contributed by atoms with Crippen LogP contribution in [0.25, 0.3) is 0 Å². The van der Waals surface area contributed by atoms with E-state index in [0.29, 0.717) is 13.0 Å². The van der Waals surface area contributed by atoms with Crippen LogP contribution in [0.4, 0.5) is 4.39 Å². The van der Waals surface area contributed by atoms with Gasteiger partial charge in [-0.2, -0.15) is 0 Å². The van der Waals surface area contributed by atoms with Gasteiger partial charge in [-0.15, -0.1) is 0 Å². The summed E-state index contributed by atoms with van der Waals surface area (Å²) in [4.78, 5) is 2.08. The van der Waals surface area contributed by atoms with Gasteiger partial charge in [-0.1, -0.05) is 0 Å². The van der Waals surface area contributed by atoms with Crippen molar-refractivity contribution in [2.24, 2.45) is 5.73 Å². The molecule has 3 heteroatoms. The van der Waals surface area contributed by atoms with Gasteiger partial charge in [0, 0.05) is 25.7 Å². The Morgan fingerprint density at radius 1 is 1.80 bits per heavy atom. The molecule has 0 radical (unpaired) electrons. The van der Waals surface area contributed by atoms with E-state index in [1.54, 1.807) is 0 Å². The standard InChI is InChI=1S/C7H15FN2/c1-6(9)4-10-3-2-7(8)5-10/h6-7H,2-5,9H2,1H3. The van der Waals surface area contributed by atoms with Crippen LogP contribution in [0, 0.1) is 0 Å². The second kappa shape index (κ2) is 3.30. The molecule has 0 spiro atoms. The summed E-state index contributed by atoms with van der Waals surface area (Å²) in [5, 5.41) is 0. The summed E-state index contributed by atoms with van der Waals surface area (Å²) in [6, 6.07) is 0.172. The van der Waals surface area contributed by atoms with Crippen LogP contribution in [0.15, 0.2) is 0 Å². The Bertz CT molecular complexity index is 106. The SMILES string of the molecule is CC(N)CN1CCC(F)C1. The van der Waals surface area contributed by atoms with E-state index in [9.17, 15) is 4.39 Å². The molecular weight excluding hydrogens is 131 g/mol. The van der Waals surface area contributed by atoms with Crippen LogP contribution in [-0.2, 0) is 0 Å². The topological polar surface area (TPSA) is 29.3 Å². The highest BCUT2D eigenvalue weighted by Crippen LogP contribution is 2.11. The smallest absolute Gasteiger partial charge is 0.114 e. The van der Waals surface area contributed by atoms with E-state index in [-0.39, 0.29) is 6.04 Å². The van der Waals surface area contributed by atoms with Crippen LogP contribution in [0.2, 0.25) is 0 Å². The van der Waals surface area contributed by atoms with E-state index < -0.39 is 6.17 Å². The number of alkyl halides is 1. The second-order valence-electron chi connectivity index (χ2n) is 3.12. The average Bonchev–Trinajstić information content (AvgIpc) is 2.13. The monoisotopic (exact) mass is 146 g/mol. The fourth-order valence-electron chi connectivity index (χ4n) is 1.36. The minimum Gasteiger partial charge on any atom is -0.327 e. The van der Waals surface area contributed by atoms with Gasteiger partial charge in [0.15, 0.2) is 0 Å². The zero-order valence-electron chi connectivity index (χ0n) is 6.39. The number of hydrogen-bond acceptors (Lipinski definition) is 2. The molecule has 0 aromatic heterocycles. The lowest BCUT2D eigenvalue weighted by Crippen LogP contribution is -2.34. The molecule has 2 unspecified atom stereocenters. The van der Waals surface area contributed by atoms with E-state index in [1.165, 1.54) is 0 Å². The number of likely N-dealkylation sites (tertiary alicyclic amines) is 1. The van der Waals surface area contributed by atoms with E-state index in [4.69, 9.17) is 5.73 Å². The molecule has 1 rings (SSSR count). The number of nitrogens with zero attached hydrogens (tertiary/aromatic N) is 1. The van der Waals surface area contributed by atoms with Crippen molar-refractivity contribution in [3.63, 3.8) is 0 Å². The van der Waals surface area contributed by atoms with E-state index in [2.05, 4.69) is 4.90 Å². The van der Waals surface area contributed by atoms with Crippen LogP contribution >= 0.6 is 0 Å². The molecule has 0 aromatic rings. The van der Waals surface area contributed by atoms with Gasteiger partial charge in [0.2, 0.25) is 0 Å². The lowest BCUT2D eigenvalue weighted by Gasteiger charge is -2.16. The molecule has 2 atom stereocenters. The lowest BCUT2D eigenvalue weighted by atomic mass is 10.3. The van der Waals surface area contributed by atoms with E-state index >= 15 is 0 Å². The van der Waals surface area contributed by atoms with Gasteiger partial charge in [-0.25, -0.2) is 4.39 Å². The van der Waals surface area contributed by atoms with E-state index in [0.717, 1.165) is 13.1 Å². The van der Waals surface area contributed by atoms with Gasteiger partial charge in [-0.05, 0) is 13.3 Å². The third-order valence-corrected chi connectivity index (χ3v) is 1.76. The summed E-state index contributed by atoms with van der Waals surface area (Å²) in [7, 11) is 0. The molecule has 10 heavy (non-hydrogen) atoms. The van der Waals surface area contributed by atoms with Crippen LogP contribution in [-0.4, -0.2) is 36.7 Å². The average molecular weight is 146 g/mol. The first-order chi connectivity index (χ1) is 4.68. The Morgan fingerprint density at radius 3 is 2.90 bits per heavy atom. The molecule has 1 fully saturated rings. The Labute approximate surface area is 61.2 Å². The number of halogens is 1. The van der Waals surface area contributed by atoms with Crippen LogP contribution in [0.5, 0.6) is 0 Å². The first-order valence-corrected chi connectivity index (χ1v) is 3.80. The van der Waals surface area contributed by atoms with Crippen molar-refractivity contribution in [1.82, 2.24) is 4.90 Å². The molecule has 0 saturated carbocycles. The molecule has 0 bridgehead atoms. The highest BCUT2D eigenvalue weighted by molar-refractivity contribution is 4.76. The quantitative estimate of drug-likeness (QED) is 0.610. The zero-order chi connectivity index (χ0) is 7.56. The van der Waals surface area contributed by atoms with Gasteiger partial charge in [0.25, 0.3) is 0 Å². The summed E-state index contributed by atoms with van der Waals surface area (Å²) in [6.45, 7) is 4.25. The van der Waals surface area contributed by atoms with Crippen molar-refractivity contribution >= 4 is 0 Å². The van der Waals surface area contributed by atoms with Gasteiger partial charge in [0.1, 0.15) is 6.17 Å². The number of rotatable bonds is 2. The normalized spacial score (nSPS) is 30.9. The van der Waals surface area contributed by atoms with Crippen LogP contribution < -0.4 is 5.73 Å². The highest BCUT2D eigenvalue weighted by Gasteiger charge is 2.21. The first-order valence-electron chi connectivity index (χ1n) is 3.80. The van der Waals surface area contributed by atoms with Gasteiger partial charge >= 0.3 is 0 Å². The van der Waals surface area contributed by atoms with Crippen molar-refractivity contribution in [2.75, 3.05) is 19.6 Å². The molecule has 2 N–H and O–H groups in total. The predicted octanol–water partition coefficient (Wildman–Crippen LogP) is 0.377. The van der Waals surface area contributed by atoms with Crippen molar-refractivity contribution in [3.05, 3.63) is 0 Å². The molecule has 0 aliphatic carbocycles. The molecule has 2 nitrogen and oxygen atoms in total. The summed E-state index contributed by atoms with van der Waals surface area (Å²) in [5.74, 6) is 0. The Morgan fingerprint density at radius 2 is 2.50 bits per heavy atom. The Balaban J connectivity index is 2.18. The van der Waals surface area contributed by atoms with E-state index in [1.807, 2.05) is 6.92 Å². The fourth-order valence-corrected chi connectivity index (χ4v) is 1.36. The minimum atomic E-state index is -0.612. The summed E-state index contributed by atoms with van der Waals surface area (Å²) in [6.07, 6.45) is 0.0750. The molecule has 1 aliphatic heterocycles. The third kappa shape index (κ3) is 2.23. The van der Waals surface area contributed by atoms with Crippen molar-refractivity contribution in [1.29, 1.82) is 0 Å². The maximum Gasteiger partial charge on any atom is 0.114 e. The maximum absolute atomic E-state index is 12.5. The molecule has 60 valence electrons. The Kier molecular flexibility index (Phi) is 2.63. The number of nitrogens with two attached hydrogens (primary N) is 1. The van der Waals surface area contributed by atoms with Crippen molar-refractivity contribution < 1.29 is 4.39 Å². The summed E-state index contributed by atoms with van der Waals surface area (Å²) < 4.78 is 12.5. The Hall–Kier alpha value is -0.150. The van der Waals surface area contributed by atoms with Crippen LogP contribution in [0.3, 0.4) is 0 Å². The van der Waals surface area contributed by atoms with Crippen LogP contribution in [0.1, 0.15) is 13.3 Å². The molecular formula is C7H15FN2. The minimum absolute atomic E-state index is 0.172. The van der Waals surface area contributed by atoms with Gasteiger partial charge in [-0.3, -0.25) is 4.90 Å². The highest BCUT2D eigenvalue weighted by atomic mass is 19.1. The summed E-state index contributed by atoms with van der Waals surface area (Å²) >= 11 is 0. The van der Waals surface area contributed by atoms with Gasteiger partial charge < -0.3 is 5.73 Å². The van der Waals surface area contributed by atoms with Gasteiger partial charge in [0.05, 0.1) is 0 Å². The predicted molar refractivity (Wildman–Crippen MR) is 39.6 cm³/mol. The molecule has 1 aliphatic rings. The zero-order valence-corrected chi connectivity index (χ0v) is 6.39. The third-order valence-electron chi connectivity index (χ3n) is 1.76. The molecule has 0 aromatic carbocycles. The van der Waals surface area contributed by atoms with Crippen molar-refractivity contribution in [2.45, 2.75) is 25.6 Å².